The molecule has 0 aliphatic carbocycles. The van der Waals surface area contributed by atoms with E-state index in [2.05, 4.69) is 16.0 Å². The molecule has 34 heavy (non-hydrogen) atoms. The van der Waals surface area contributed by atoms with Gasteiger partial charge in [0.2, 0.25) is 0 Å². The third-order valence-electron chi connectivity index (χ3n) is 6.04. The second-order valence-corrected chi connectivity index (χ2v) is 8.19. The van der Waals surface area contributed by atoms with Gasteiger partial charge in [0.1, 0.15) is 11.4 Å². The summed E-state index contributed by atoms with van der Waals surface area (Å²) in [6, 6.07) is 27.4. The standard InChI is InChI=1S/C28H21N5O/c1-33(21-12-10-18-6-2-3-7-19(18)16-21)28(34)20-11-13-22-25(17-20)32-27(24-9-5-15-30-24)26(31-22)23-8-4-14-29-23/h2-17,29-30H,1H3. The van der Waals surface area contributed by atoms with Gasteiger partial charge in [-0.1, -0.05) is 30.3 Å². The van der Waals surface area contributed by atoms with E-state index in [-0.39, 0.29) is 5.91 Å². The Balaban J connectivity index is 1.41. The molecule has 0 saturated heterocycles. The molecule has 6 aromatic rings. The van der Waals surface area contributed by atoms with E-state index in [0.717, 1.165) is 44.8 Å². The maximum absolute atomic E-state index is 13.4. The first kappa shape index (κ1) is 19.9. The van der Waals surface area contributed by atoms with Crippen LogP contribution in [0.3, 0.4) is 0 Å². The van der Waals surface area contributed by atoms with E-state index in [1.807, 2.05) is 91.3 Å². The van der Waals surface area contributed by atoms with Crippen LogP contribution in [0.1, 0.15) is 10.4 Å². The van der Waals surface area contributed by atoms with E-state index in [1.165, 1.54) is 0 Å². The van der Waals surface area contributed by atoms with Crippen LogP contribution < -0.4 is 4.90 Å². The Morgan fingerprint density at radius 1 is 0.706 bits per heavy atom. The molecule has 0 aliphatic heterocycles. The summed E-state index contributed by atoms with van der Waals surface area (Å²) in [4.78, 5) is 31.2. The first-order valence-corrected chi connectivity index (χ1v) is 11.0. The summed E-state index contributed by atoms with van der Waals surface area (Å²) < 4.78 is 0. The van der Waals surface area contributed by atoms with Gasteiger partial charge >= 0.3 is 0 Å². The lowest BCUT2D eigenvalue weighted by molar-refractivity contribution is 0.0993. The number of aromatic nitrogens is 4. The Morgan fingerprint density at radius 2 is 1.38 bits per heavy atom. The van der Waals surface area contributed by atoms with E-state index in [1.54, 1.807) is 11.9 Å². The number of H-pyrrole nitrogens is 2. The molecule has 0 aliphatic rings. The summed E-state index contributed by atoms with van der Waals surface area (Å²) in [5.41, 5.74) is 6.02. The predicted molar refractivity (Wildman–Crippen MR) is 136 cm³/mol. The van der Waals surface area contributed by atoms with E-state index in [4.69, 9.17) is 9.97 Å². The van der Waals surface area contributed by atoms with Crippen LogP contribution in [0.25, 0.3) is 44.6 Å². The van der Waals surface area contributed by atoms with E-state index >= 15 is 0 Å². The van der Waals surface area contributed by atoms with Gasteiger partial charge in [0.25, 0.3) is 5.91 Å². The largest absolute Gasteiger partial charge is 0.360 e. The van der Waals surface area contributed by atoms with Gasteiger partial charge in [-0.15, -0.1) is 0 Å². The van der Waals surface area contributed by atoms with Crippen LogP contribution in [-0.2, 0) is 0 Å². The van der Waals surface area contributed by atoms with Crippen molar-refractivity contribution in [2.24, 2.45) is 0 Å². The number of benzene rings is 3. The molecule has 6 rings (SSSR count). The third kappa shape index (κ3) is 3.42. The SMILES string of the molecule is CN(C(=O)c1ccc2nc(-c3ccc[nH]3)c(-c3ccc[nH]3)nc2c1)c1ccc2ccccc2c1. The average Bonchev–Trinajstić information content (AvgIpc) is 3.61. The summed E-state index contributed by atoms with van der Waals surface area (Å²) in [6.07, 6.45) is 3.72. The Labute approximate surface area is 195 Å². The van der Waals surface area contributed by atoms with Gasteiger partial charge in [0, 0.05) is 30.7 Å². The van der Waals surface area contributed by atoms with Crippen molar-refractivity contribution < 1.29 is 4.79 Å². The van der Waals surface area contributed by atoms with Crippen molar-refractivity contribution in [3.05, 3.63) is 103 Å². The van der Waals surface area contributed by atoms with Crippen LogP contribution >= 0.6 is 0 Å². The summed E-state index contributed by atoms with van der Waals surface area (Å²) in [6.45, 7) is 0. The Hall–Kier alpha value is -4.71. The zero-order valence-electron chi connectivity index (χ0n) is 18.5. The molecule has 0 fully saturated rings. The molecule has 0 spiro atoms. The number of hydrogen-bond acceptors (Lipinski definition) is 3. The smallest absolute Gasteiger partial charge is 0.258 e. The Morgan fingerprint density at radius 3 is 2.06 bits per heavy atom. The van der Waals surface area contributed by atoms with Gasteiger partial charge in [-0.2, -0.15) is 0 Å². The van der Waals surface area contributed by atoms with Crippen LogP contribution in [0.4, 0.5) is 5.69 Å². The highest BCUT2D eigenvalue weighted by Crippen LogP contribution is 2.30. The van der Waals surface area contributed by atoms with Crippen molar-refractivity contribution in [2.45, 2.75) is 0 Å². The van der Waals surface area contributed by atoms with E-state index in [9.17, 15) is 4.79 Å². The molecule has 164 valence electrons. The Kier molecular flexibility index (Phi) is 4.70. The number of carbonyl (C=O) groups is 1. The summed E-state index contributed by atoms with van der Waals surface area (Å²) in [7, 11) is 1.79. The van der Waals surface area contributed by atoms with Crippen LogP contribution in [0.2, 0.25) is 0 Å². The highest BCUT2D eigenvalue weighted by atomic mass is 16.2. The van der Waals surface area contributed by atoms with Gasteiger partial charge in [-0.05, 0) is 65.4 Å². The number of hydrogen-bond donors (Lipinski definition) is 2. The van der Waals surface area contributed by atoms with Crippen molar-refractivity contribution in [3.8, 4) is 22.8 Å². The topological polar surface area (TPSA) is 77.7 Å². The van der Waals surface area contributed by atoms with Gasteiger partial charge in [0.05, 0.1) is 22.4 Å². The van der Waals surface area contributed by atoms with E-state index in [0.29, 0.717) is 11.1 Å². The van der Waals surface area contributed by atoms with Gasteiger partial charge in [0.15, 0.2) is 0 Å². The molecule has 3 aromatic heterocycles. The van der Waals surface area contributed by atoms with Gasteiger partial charge in [-0.3, -0.25) is 4.79 Å². The quantitative estimate of drug-likeness (QED) is 0.348. The van der Waals surface area contributed by atoms with Crippen LogP contribution in [0, 0.1) is 0 Å². The number of fused-ring (bicyclic) bond motifs is 2. The fourth-order valence-corrected chi connectivity index (χ4v) is 4.21. The van der Waals surface area contributed by atoms with Crippen molar-refractivity contribution in [2.75, 3.05) is 11.9 Å². The predicted octanol–water partition coefficient (Wildman–Crippen LogP) is 6.05. The number of nitrogens with one attached hydrogen (secondary N) is 2. The van der Waals surface area contributed by atoms with Crippen molar-refractivity contribution in [1.82, 2.24) is 19.9 Å². The number of amides is 1. The molecule has 3 aromatic carbocycles. The summed E-state index contributed by atoms with van der Waals surface area (Å²) >= 11 is 0. The second kappa shape index (κ2) is 8.01. The van der Waals surface area contributed by atoms with Crippen LogP contribution in [0.5, 0.6) is 0 Å². The number of nitrogens with zero attached hydrogens (tertiary/aromatic N) is 3. The minimum absolute atomic E-state index is 0.103. The Bertz CT molecular complexity index is 1640. The van der Waals surface area contributed by atoms with E-state index < -0.39 is 0 Å². The first-order valence-electron chi connectivity index (χ1n) is 11.0. The van der Waals surface area contributed by atoms with Gasteiger partial charge in [-0.25, -0.2) is 9.97 Å². The fourth-order valence-electron chi connectivity index (χ4n) is 4.21. The molecule has 2 N–H and O–H groups in total. The molecule has 1 amide bonds. The highest BCUT2D eigenvalue weighted by molar-refractivity contribution is 6.08. The molecular weight excluding hydrogens is 422 g/mol. The molecular formula is C28H21N5O. The molecule has 0 bridgehead atoms. The second-order valence-electron chi connectivity index (χ2n) is 8.19. The van der Waals surface area contributed by atoms with Gasteiger partial charge < -0.3 is 14.9 Å². The average molecular weight is 444 g/mol. The lowest BCUT2D eigenvalue weighted by Gasteiger charge is -2.18. The normalized spacial score (nSPS) is 11.2. The number of carbonyl (C=O) groups excluding carboxylic acids is 1. The molecule has 0 atom stereocenters. The zero-order valence-corrected chi connectivity index (χ0v) is 18.5. The summed E-state index contributed by atoms with van der Waals surface area (Å²) in [5.74, 6) is -0.103. The highest BCUT2D eigenvalue weighted by Gasteiger charge is 2.18. The lowest BCUT2D eigenvalue weighted by atomic mass is 10.1. The third-order valence-corrected chi connectivity index (χ3v) is 6.04. The minimum Gasteiger partial charge on any atom is -0.360 e. The minimum atomic E-state index is -0.103. The zero-order chi connectivity index (χ0) is 23.1. The lowest BCUT2D eigenvalue weighted by Crippen LogP contribution is -2.26. The number of aromatic amines is 2. The van der Waals surface area contributed by atoms with Crippen molar-refractivity contribution in [3.63, 3.8) is 0 Å². The number of rotatable bonds is 4. The molecule has 0 radical (unpaired) electrons. The maximum Gasteiger partial charge on any atom is 0.258 e. The maximum atomic E-state index is 13.4. The molecule has 6 nitrogen and oxygen atoms in total. The van der Waals surface area contributed by atoms with Crippen LogP contribution in [0.15, 0.2) is 97.3 Å². The fraction of sp³-hybridized carbons (Fsp3) is 0.0357. The molecule has 0 saturated carbocycles. The molecule has 6 heteroatoms. The van der Waals surface area contributed by atoms with Crippen molar-refractivity contribution >= 4 is 33.4 Å². The first-order chi connectivity index (χ1) is 16.7. The summed E-state index contributed by atoms with van der Waals surface area (Å²) in [5, 5.41) is 2.24. The number of anilines is 1. The monoisotopic (exact) mass is 443 g/mol. The van der Waals surface area contributed by atoms with Crippen LogP contribution in [-0.4, -0.2) is 32.9 Å². The molecule has 0 unspecified atom stereocenters. The van der Waals surface area contributed by atoms with Crippen molar-refractivity contribution in [1.29, 1.82) is 0 Å². The molecule has 3 heterocycles.